The standard InChI is InChI=1S/C8H13NO2/c1-2-8(11)9-5-3-7(10)4-6-9/h2,7,10H,1,3-6H2. The van der Waals surface area contributed by atoms with Gasteiger partial charge in [-0.15, -0.1) is 0 Å². The number of likely N-dealkylation sites (tertiary alicyclic amines) is 1. The summed E-state index contributed by atoms with van der Waals surface area (Å²) in [6.45, 7) is 4.72. The molecule has 11 heavy (non-hydrogen) atoms. The molecular weight excluding hydrogens is 142 g/mol. The average Bonchev–Trinajstić information content (AvgIpc) is 2.05. The summed E-state index contributed by atoms with van der Waals surface area (Å²) in [6.07, 6.45) is 2.49. The minimum Gasteiger partial charge on any atom is -0.393 e. The molecule has 1 N–H and O–H groups in total. The number of nitrogens with zero attached hydrogens (tertiary/aromatic N) is 1. The highest BCUT2D eigenvalue weighted by Gasteiger charge is 2.18. The maximum Gasteiger partial charge on any atom is 0.245 e. The molecule has 1 aliphatic rings. The number of aliphatic hydroxyl groups excluding tert-OH is 1. The number of aliphatic hydroxyl groups is 1. The molecule has 1 aliphatic heterocycles. The Labute approximate surface area is 66.3 Å². The lowest BCUT2D eigenvalue weighted by atomic mass is 10.1. The first-order valence-corrected chi connectivity index (χ1v) is 3.83. The van der Waals surface area contributed by atoms with Crippen molar-refractivity contribution in [2.45, 2.75) is 18.9 Å². The molecule has 3 nitrogen and oxygen atoms in total. The highest BCUT2D eigenvalue weighted by molar-refractivity contribution is 5.87. The largest absolute Gasteiger partial charge is 0.393 e. The van der Waals surface area contributed by atoms with E-state index >= 15 is 0 Å². The van der Waals surface area contributed by atoms with Crippen LogP contribution in [-0.4, -0.2) is 35.1 Å². The zero-order valence-corrected chi connectivity index (χ0v) is 6.49. The molecule has 0 radical (unpaired) electrons. The molecular formula is C8H13NO2. The number of amides is 1. The molecule has 0 aromatic carbocycles. The second kappa shape index (κ2) is 3.53. The van der Waals surface area contributed by atoms with Crippen molar-refractivity contribution in [2.24, 2.45) is 0 Å². The third-order valence-electron chi connectivity index (χ3n) is 1.95. The zero-order valence-electron chi connectivity index (χ0n) is 6.49. The van der Waals surface area contributed by atoms with Crippen LogP contribution in [0.15, 0.2) is 12.7 Å². The molecule has 3 heteroatoms. The summed E-state index contributed by atoms with van der Waals surface area (Å²) in [5.41, 5.74) is 0. The smallest absolute Gasteiger partial charge is 0.245 e. The topological polar surface area (TPSA) is 40.5 Å². The molecule has 1 rings (SSSR count). The van der Waals surface area contributed by atoms with Crippen LogP contribution in [0.25, 0.3) is 0 Å². The van der Waals surface area contributed by atoms with Gasteiger partial charge in [0.1, 0.15) is 0 Å². The average molecular weight is 155 g/mol. The Balaban J connectivity index is 2.38. The van der Waals surface area contributed by atoms with Crippen molar-refractivity contribution in [3.63, 3.8) is 0 Å². The number of hydrogen-bond acceptors (Lipinski definition) is 2. The Kier molecular flexibility index (Phi) is 2.65. The Bertz CT molecular complexity index is 159. The summed E-state index contributed by atoms with van der Waals surface area (Å²) >= 11 is 0. The summed E-state index contributed by atoms with van der Waals surface area (Å²) < 4.78 is 0. The fourth-order valence-corrected chi connectivity index (χ4v) is 1.22. The lowest BCUT2D eigenvalue weighted by Gasteiger charge is -2.28. The van der Waals surface area contributed by atoms with Gasteiger partial charge in [-0.2, -0.15) is 0 Å². The molecule has 0 spiro atoms. The molecule has 0 unspecified atom stereocenters. The predicted octanol–water partition coefficient (Wildman–Crippen LogP) is 0.156. The number of hydrogen-bond donors (Lipinski definition) is 1. The van der Waals surface area contributed by atoms with Crippen LogP contribution in [0.1, 0.15) is 12.8 Å². The fourth-order valence-electron chi connectivity index (χ4n) is 1.22. The predicted molar refractivity (Wildman–Crippen MR) is 42.0 cm³/mol. The van der Waals surface area contributed by atoms with E-state index < -0.39 is 0 Å². The van der Waals surface area contributed by atoms with Crippen LogP contribution in [0, 0.1) is 0 Å². The summed E-state index contributed by atoms with van der Waals surface area (Å²) in [6, 6.07) is 0. The van der Waals surface area contributed by atoms with Crippen molar-refractivity contribution in [1.29, 1.82) is 0 Å². The van der Waals surface area contributed by atoms with Crippen LogP contribution < -0.4 is 0 Å². The maximum absolute atomic E-state index is 11.0. The van der Waals surface area contributed by atoms with Gasteiger partial charge in [0.15, 0.2) is 0 Å². The molecule has 0 aromatic rings. The van der Waals surface area contributed by atoms with Crippen LogP contribution in [0.3, 0.4) is 0 Å². The van der Waals surface area contributed by atoms with Gasteiger partial charge in [-0.1, -0.05) is 6.58 Å². The van der Waals surface area contributed by atoms with Gasteiger partial charge >= 0.3 is 0 Å². The zero-order chi connectivity index (χ0) is 8.27. The molecule has 0 bridgehead atoms. The molecule has 0 saturated carbocycles. The minimum absolute atomic E-state index is 0.0306. The highest BCUT2D eigenvalue weighted by Crippen LogP contribution is 2.09. The van der Waals surface area contributed by atoms with E-state index in [-0.39, 0.29) is 12.0 Å². The number of carbonyl (C=O) groups excluding carboxylic acids is 1. The van der Waals surface area contributed by atoms with Crippen LogP contribution >= 0.6 is 0 Å². The van der Waals surface area contributed by atoms with Crippen molar-refractivity contribution in [3.8, 4) is 0 Å². The quantitative estimate of drug-likeness (QED) is 0.548. The fraction of sp³-hybridized carbons (Fsp3) is 0.625. The van der Waals surface area contributed by atoms with Crippen LogP contribution in [0.2, 0.25) is 0 Å². The molecule has 1 saturated heterocycles. The highest BCUT2D eigenvalue weighted by atomic mass is 16.3. The molecule has 0 aliphatic carbocycles. The Morgan fingerprint density at radius 3 is 2.55 bits per heavy atom. The van der Waals surface area contributed by atoms with Crippen LogP contribution in [0.5, 0.6) is 0 Å². The molecule has 1 heterocycles. The number of piperidine rings is 1. The first-order chi connectivity index (χ1) is 5.24. The SMILES string of the molecule is C=CC(=O)N1CCC(O)CC1. The van der Waals surface area contributed by atoms with Gasteiger partial charge in [0.05, 0.1) is 6.10 Å². The van der Waals surface area contributed by atoms with Gasteiger partial charge in [0.25, 0.3) is 0 Å². The molecule has 0 aromatic heterocycles. The van der Waals surface area contributed by atoms with E-state index in [1.165, 1.54) is 6.08 Å². The second-order valence-electron chi connectivity index (χ2n) is 2.76. The third kappa shape index (κ3) is 2.05. The van der Waals surface area contributed by atoms with Gasteiger partial charge < -0.3 is 10.0 Å². The van der Waals surface area contributed by atoms with Gasteiger partial charge in [-0.25, -0.2) is 0 Å². The lowest BCUT2D eigenvalue weighted by molar-refractivity contribution is -0.127. The third-order valence-corrected chi connectivity index (χ3v) is 1.95. The maximum atomic E-state index is 11.0. The molecule has 0 atom stereocenters. The molecule has 1 amide bonds. The van der Waals surface area contributed by atoms with Crippen molar-refractivity contribution in [3.05, 3.63) is 12.7 Å². The van der Waals surface area contributed by atoms with E-state index in [2.05, 4.69) is 6.58 Å². The van der Waals surface area contributed by atoms with Crippen molar-refractivity contribution >= 4 is 5.91 Å². The summed E-state index contributed by atoms with van der Waals surface area (Å²) in [4.78, 5) is 12.7. The second-order valence-corrected chi connectivity index (χ2v) is 2.76. The molecule has 1 fully saturated rings. The Morgan fingerprint density at radius 2 is 2.09 bits per heavy atom. The molecule has 62 valence electrons. The van der Waals surface area contributed by atoms with Gasteiger partial charge in [-0.05, 0) is 18.9 Å². The monoisotopic (exact) mass is 155 g/mol. The summed E-state index contributed by atoms with van der Waals surface area (Å²) in [7, 11) is 0. The minimum atomic E-state index is -0.219. The van der Waals surface area contributed by atoms with Crippen LogP contribution in [-0.2, 0) is 4.79 Å². The van der Waals surface area contributed by atoms with Crippen LogP contribution in [0.4, 0.5) is 0 Å². The van der Waals surface area contributed by atoms with Crippen molar-refractivity contribution in [1.82, 2.24) is 4.90 Å². The summed E-state index contributed by atoms with van der Waals surface area (Å²) in [5.74, 6) is -0.0306. The first-order valence-electron chi connectivity index (χ1n) is 3.83. The van der Waals surface area contributed by atoms with E-state index in [1.54, 1.807) is 4.90 Å². The van der Waals surface area contributed by atoms with Gasteiger partial charge in [-0.3, -0.25) is 4.79 Å². The van der Waals surface area contributed by atoms with E-state index in [1.807, 2.05) is 0 Å². The van der Waals surface area contributed by atoms with Gasteiger partial charge in [0, 0.05) is 13.1 Å². The Hall–Kier alpha value is -0.830. The van der Waals surface area contributed by atoms with Gasteiger partial charge in [0.2, 0.25) is 5.91 Å². The van der Waals surface area contributed by atoms with Crippen molar-refractivity contribution < 1.29 is 9.90 Å². The Morgan fingerprint density at radius 1 is 1.55 bits per heavy atom. The van der Waals surface area contributed by atoms with E-state index in [0.29, 0.717) is 25.9 Å². The van der Waals surface area contributed by atoms with E-state index in [4.69, 9.17) is 5.11 Å². The normalized spacial score (nSPS) is 19.9. The van der Waals surface area contributed by atoms with Crippen molar-refractivity contribution in [2.75, 3.05) is 13.1 Å². The number of carbonyl (C=O) groups is 1. The summed E-state index contributed by atoms with van der Waals surface area (Å²) in [5, 5.41) is 9.12. The number of rotatable bonds is 1. The van der Waals surface area contributed by atoms with E-state index in [0.717, 1.165) is 0 Å². The lowest BCUT2D eigenvalue weighted by Crippen LogP contribution is -2.39. The van der Waals surface area contributed by atoms with E-state index in [9.17, 15) is 4.79 Å². The first kappa shape index (κ1) is 8.27.